The number of nitrogens with zero attached hydrogens (tertiary/aromatic N) is 1. The maximum Gasteiger partial charge on any atom is 0.234 e. The predicted octanol–water partition coefficient (Wildman–Crippen LogP) is 2.07. The maximum absolute atomic E-state index is 12.6. The lowest BCUT2D eigenvalue weighted by Crippen LogP contribution is -2.42. The van der Waals surface area contributed by atoms with Crippen molar-refractivity contribution in [2.75, 3.05) is 25.1 Å². The summed E-state index contributed by atoms with van der Waals surface area (Å²) < 4.78 is 23.2. The third kappa shape index (κ3) is 4.68. The highest BCUT2D eigenvalue weighted by molar-refractivity contribution is 7.91. The van der Waals surface area contributed by atoms with Crippen LogP contribution >= 0.6 is 11.3 Å². The first-order chi connectivity index (χ1) is 11.9. The molecule has 1 aromatic carbocycles. The summed E-state index contributed by atoms with van der Waals surface area (Å²) in [6.07, 6.45) is 0.596. The van der Waals surface area contributed by atoms with E-state index < -0.39 is 9.84 Å². The Kier molecular flexibility index (Phi) is 5.56. The standard InChI is InChI=1S/C18H22N2O3S2/c1-20(15-9-11-25(22,23)13-15)12-17(21)19-18(16-8-5-10-24-16)14-6-3-2-4-7-14/h2-8,10,15,18H,9,11-13H2,1H3,(H,19,21). The van der Waals surface area contributed by atoms with E-state index in [2.05, 4.69) is 5.32 Å². The molecular formula is C18H22N2O3S2. The van der Waals surface area contributed by atoms with Gasteiger partial charge < -0.3 is 5.32 Å². The second-order valence-electron chi connectivity index (χ2n) is 6.40. The van der Waals surface area contributed by atoms with E-state index in [9.17, 15) is 13.2 Å². The van der Waals surface area contributed by atoms with Gasteiger partial charge in [0.15, 0.2) is 9.84 Å². The fourth-order valence-corrected chi connectivity index (χ4v) is 5.71. The number of carbonyl (C=O) groups is 1. The highest BCUT2D eigenvalue weighted by Crippen LogP contribution is 2.26. The molecule has 0 bridgehead atoms. The summed E-state index contributed by atoms with van der Waals surface area (Å²) in [6.45, 7) is 0.189. The Morgan fingerprint density at radius 3 is 2.64 bits per heavy atom. The zero-order chi connectivity index (χ0) is 17.9. The van der Waals surface area contributed by atoms with Crippen molar-refractivity contribution in [3.63, 3.8) is 0 Å². The molecule has 2 aromatic rings. The normalized spacial score (nSPS) is 20.5. The van der Waals surface area contributed by atoms with Crippen LogP contribution < -0.4 is 5.32 Å². The molecule has 0 spiro atoms. The number of carbonyl (C=O) groups excluding carboxylic acids is 1. The minimum absolute atomic E-state index is 0.0762. The summed E-state index contributed by atoms with van der Waals surface area (Å²) in [4.78, 5) is 15.5. The van der Waals surface area contributed by atoms with Gasteiger partial charge in [-0.2, -0.15) is 0 Å². The fraction of sp³-hybridized carbons (Fsp3) is 0.389. The predicted molar refractivity (Wildman–Crippen MR) is 100 cm³/mol. The Morgan fingerprint density at radius 2 is 2.04 bits per heavy atom. The van der Waals surface area contributed by atoms with Gasteiger partial charge in [0, 0.05) is 10.9 Å². The first-order valence-electron chi connectivity index (χ1n) is 8.23. The lowest BCUT2D eigenvalue weighted by atomic mass is 10.1. The van der Waals surface area contributed by atoms with Gasteiger partial charge in [-0.05, 0) is 30.5 Å². The molecule has 2 atom stereocenters. The van der Waals surface area contributed by atoms with Crippen LogP contribution in [0.5, 0.6) is 0 Å². The van der Waals surface area contributed by atoms with Crippen molar-refractivity contribution in [3.05, 3.63) is 58.3 Å². The Morgan fingerprint density at radius 1 is 1.28 bits per heavy atom. The number of benzene rings is 1. The van der Waals surface area contributed by atoms with Gasteiger partial charge in [-0.15, -0.1) is 11.3 Å². The third-order valence-corrected chi connectivity index (χ3v) is 7.18. The first kappa shape index (κ1) is 18.1. The molecule has 134 valence electrons. The van der Waals surface area contributed by atoms with E-state index >= 15 is 0 Å². The van der Waals surface area contributed by atoms with Crippen LogP contribution in [0, 0.1) is 0 Å². The summed E-state index contributed by atoms with van der Waals surface area (Å²) in [5.41, 5.74) is 1.03. The minimum Gasteiger partial charge on any atom is -0.343 e. The molecule has 1 amide bonds. The SMILES string of the molecule is CN(CC(=O)NC(c1ccccc1)c1cccs1)C1CCS(=O)(=O)C1. The van der Waals surface area contributed by atoms with Crippen molar-refractivity contribution in [3.8, 4) is 0 Å². The Hall–Kier alpha value is -1.70. The van der Waals surface area contributed by atoms with Crippen molar-refractivity contribution < 1.29 is 13.2 Å². The molecule has 7 heteroatoms. The second-order valence-corrected chi connectivity index (χ2v) is 9.61. The molecule has 2 heterocycles. The van der Waals surface area contributed by atoms with E-state index in [1.807, 2.05) is 59.8 Å². The van der Waals surface area contributed by atoms with E-state index in [1.54, 1.807) is 11.3 Å². The average molecular weight is 379 g/mol. The smallest absolute Gasteiger partial charge is 0.234 e. The number of amides is 1. The molecule has 0 aliphatic carbocycles. The highest BCUT2D eigenvalue weighted by atomic mass is 32.2. The summed E-state index contributed by atoms with van der Waals surface area (Å²) in [5.74, 6) is 0.254. The Balaban J connectivity index is 1.67. The van der Waals surface area contributed by atoms with E-state index in [-0.39, 0.29) is 36.0 Å². The fourth-order valence-electron chi connectivity index (χ4n) is 3.11. The number of hydrogen-bond acceptors (Lipinski definition) is 5. The molecule has 1 fully saturated rings. The van der Waals surface area contributed by atoms with Crippen LogP contribution in [0.4, 0.5) is 0 Å². The molecule has 2 unspecified atom stereocenters. The summed E-state index contributed by atoms with van der Waals surface area (Å²) in [7, 11) is -1.14. The van der Waals surface area contributed by atoms with Crippen LogP contribution in [0.15, 0.2) is 47.8 Å². The van der Waals surface area contributed by atoms with Crippen LogP contribution in [-0.2, 0) is 14.6 Å². The molecule has 1 N–H and O–H groups in total. The number of sulfone groups is 1. The molecule has 0 radical (unpaired) electrons. The monoisotopic (exact) mass is 378 g/mol. The van der Waals surface area contributed by atoms with Crippen molar-refractivity contribution in [1.29, 1.82) is 0 Å². The summed E-state index contributed by atoms with van der Waals surface area (Å²) in [5, 5.41) is 5.08. The number of rotatable bonds is 6. The topological polar surface area (TPSA) is 66.5 Å². The van der Waals surface area contributed by atoms with Crippen LogP contribution in [0.2, 0.25) is 0 Å². The van der Waals surface area contributed by atoms with E-state index in [4.69, 9.17) is 0 Å². The largest absolute Gasteiger partial charge is 0.343 e. The lowest BCUT2D eigenvalue weighted by Gasteiger charge is -2.24. The Labute approximate surface area is 152 Å². The molecule has 25 heavy (non-hydrogen) atoms. The number of nitrogens with one attached hydrogen (secondary N) is 1. The van der Waals surface area contributed by atoms with Crippen LogP contribution in [0.1, 0.15) is 22.9 Å². The van der Waals surface area contributed by atoms with Gasteiger partial charge in [-0.3, -0.25) is 9.69 Å². The number of hydrogen-bond donors (Lipinski definition) is 1. The van der Waals surface area contributed by atoms with Crippen molar-refractivity contribution in [1.82, 2.24) is 10.2 Å². The van der Waals surface area contributed by atoms with Crippen LogP contribution in [0.25, 0.3) is 0 Å². The van der Waals surface area contributed by atoms with Crippen LogP contribution in [-0.4, -0.2) is 50.4 Å². The lowest BCUT2D eigenvalue weighted by molar-refractivity contribution is -0.122. The van der Waals surface area contributed by atoms with Gasteiger partial charge in [0.1, 0.15) is 0 Å². The van der Waals surface area contributed by atoms with Gasteiger partial charge in [0.25, 0.3) is 0 Å². The maximum atomic E-state index is 12.6. The molecule has 1 aliphatic heterocycles. The van der Waals surface area contributed by atoms with Gasteiger partial charge >= 0.3 is 0 Å². The zero-order valence-electron chi connectivity index (χ0n) is 14.1. The number of likely N-dealkylation sites (N-methyl/N-ethyl adjacent to an activating group) is 1. The third-order valence-electron chi connectivity index (χ3n) is 4.49. The van der Waals surface area contributed by atoms with Gasteiger partial charge in [0.2, 0.25) is 5.91 Å². The highest BCUT2D eigenvalue weighted by Gasteiger charge is 2.31. The van der Waals surface area contributed by atoms with E-state index in [0.29, 0.717) is 6.42 Å². The molecule has 0 saturated carbocycles. The minimum atomic E-state index is -2.95. The van der Waals surface area contributed by atoms with Crippen LogP contribution in [0.3, 0.4) is 0 Å². The summed E-state index contributed by atoms with van der Waals surface area (Å²) >= 11 is 1.60. The molecule has 5 nitrogen and oxygen atoms in total. The van der Waals surface area contributed by atoms with E-state index in [1.165, 1.54) is 0 Å². The first-order valence-corrected chi connectivity index (χ1v) is 10.9. The van der Waals surface area contributed by atoms with E-state index in [0.717, 1.165) is 10.4 Å². The second kappa shape index (κ2) is 7.68. The summed E-state index contributed by atoms with van der Waals surface area (Å²) in [6, 6.07) is 13.6. The molecule has 1 aliphatic rings. The zero-order valence-corrected chi connectivity index (χ0v) is 15.7. The Bertz CT molecular complexity index is 804. The van der Waals surface area contributed by atoms with Crippen molar-refractivity contribution in [2.24, 2.45) is 0 Å². The van der Waals surface area contributed by atoms with Gasteiger partial charge in [0.05, 0.1) is 24.1 Å². The molecule has 3 rings (SSSR count). The number of thiophene rings is 1. The average Bonchev–Trinajstić information content (AvgIpc) is 3.23. The molecular weight excluding hydrogens is 356 g/mol. The molecule has 1 aromatic heterocycles. The quantitative estimate of drug-likeness (QED) is 0.836. The van der Waals surface area contributed by atoms with Gasteiger partial charge in [-0.1, -0.05) is 36.4 Å². The molecule has 1 saturated heterocycles. The van der Waals surface area contributed by atoms with Crippen molar-refractivity contribution >= 4 is 27.1 Å². The van der Waals surface area contributed by atoms with Gasteiger partial charge in [-0.25, -0.2) is 8.42 Å². The van der Waals surface area contributed by atoms with Crippen molar-refractivity contribution in [2.45, 2.75) is 18.5 Å².